The molecule has 0 aromatic rings. The number of hydrogen-bond acceptors (Lipinski definition) is 7. The zero-order valence-electron chi connectivity index (χ0n) is 18.4. The summed E-state index contributed by atoms with van der Waals surface area (Å²) in [6.07, 6.45) is 7.39. The van der Waals surface area contributed by atoms with E-state index >= 15 is 0 Å². The maximum absolute atomic E-state index is 12.7. The molecule has 2 unspecified atom stereocenters. The molecule has 7 nitrogen and oxygen atoms in total. The summed E-state index contributed by atoms with van der Waals surface area (Å²) < 4.78 is 0. The number of carbonyl (C=O) groups is 1. The van der Waals surface area contributed by atoms with Gasteiger partial charge in [0, 0.05) is 37.3 Å². The lowest BCUT2D eigenvalue weighted by Gasteiger charge is -2.54. The predicted octanol–water partition coefficient (Wildman–Crippen LogP) is 3.23. The molecular weight excluding hydrogens is 380 g/mol. The van der Waals surface area contributed by atoms with E-state index in [1.54, 1.807) is 0 Å². The molecule has 5 fully saturated rings. The van der Waals surface area contributed by atoms with Crippen molar-refractivity contribution in [1.82, 2.24) is 10.6 Å². The monoisotopic (exact) mass is 416 g/mol. The lowest BCUT2D eigenvalue weighted by atomic mass is 9.49. The van der Waals surface area contributed by atoms with Crippen molar-refractivity contribution < 1.29 is 9.63 Å². The van der Waals surface area contributed by atoms with Crippen LogP contribution in [0.5, 0.6) is 0 Å². The second-order valence-corrected chi connectivity index (χ2v) is 11.0. The molecule has 0 aromatic carbocycles. The van der Waals surface area contributed by atoms with Crippen LogP contribution in [-0.4, -0.2) is 43.4 Å². The van der Waals surface area contributed by atoms with Crippen molar-refractivity contribution in [2.45, 2.75) is 77.5 Å². The molecule has 2 heterocycles. The van der Waals surface area contributed by atoms with Gasteiger partial charge in [-0.3, -0.25) is 10.1 Å². The highest BCUT2D eigenvalue weighted by atomic mass is 16.6. The molecule has 166 valence electrons. The molecule has 8 atom stereocenters. The molecule has 0 aromatic heterocycles. The number of Topliss-reactive ketones (excluding diaryl/α,β-unsaturated/α-hetero) is 1. The fraction of sp³-hybridized carbons (Fsp3) is 0.913. The standard InChI is InChI=1S/C23H36N4O3/c1-22-8-5-15(27-30-16-7-10-24-13-16)11-14(22)12-25-21(26-29)20-17-3-4-19(28)23(17,2)9-6-18(20)22/h14,16-18,20-21,24-25H,3-13H2,1-2H3/b27-15-/t14?,16-,17+,18+,20+,21?,22+,23+/m1/s1. The fourth-order valence-electron chi connectivity index (χ4n) is 7.66. The third-order valence-corrected chi connectivity index (χ3v) is 9.65. The molecule has 3 saturated carbocycles. The normalized spacial score (nSPS) is 49.8. The summed E-state index contributed by atoms with van der Waals surface area (Å²) in [7, 11) is 0. The van der Waals surface area contributed by atoms with Crippen molar-refractivity contribution in [2.24, 2.45) is 44.8 Å². The van der Waals surface area contributed by atoms with Crippen LogP contribution in [0.15, 0.2) is 10.3 Å². The Bertz CT molecular complexity index is 736. The lowest BCUT2D eigenvalue weighted by molar-refractivity contribution is -0.132. The molecule has 0 bridgehead atoms. The van der Waals surface area contributed by atoms with E-state index in [0.717, 1.165) is 70.3 Å². The van der Waals surface area contributed by atoms with Gasteiger partial charge in [0.2, 0.25) is 0 Å². The number of carbonyl (C=O) groups excluding carboxylic acids is 1. The van der Waals surface area contributed by atoms with Crippen LogP contribution in [0.4, 0.5) is 0 Å². The second-order valence-electron chi connectivity index (χ2n) is 11.0. The molecule has 0 radical (unpaired) electrons. The molecule has 5 rings (SSSR count). The third-order valence-electron chi connectivity index (χ3n) is 9.65. The van der Waals surface area contributed by atoms with E-state index < -0.39 is 0 Å². The Kier molecular flexibility index (Phi) is 5.25. The maximum atomic E-state index is 12.7. The summed E-state index contributed by atoms with van der Waals surface area (Å²) in [6, 6.07) is 0. The zero-order chi connectivity index (χ0) is 20.9. The highest BCUT2D eigenvalue weighted by Gasteiger charge is 2.61. The van der Waals surface area contributed by atoms with Gasteiger partial charge in [0.1, 0.15) is 18.1 Å². The van der Waals surface area contributed by atoms with E-state index in [1.807, 2.05) is 0 Å². The first-order chi connectivity index (χ1) is 14.5. The summed E-state index contributed by atoms with van der Waals surface area (Å²) in [5.74, 6) is 1.71. The molecule has 2 saturated heterocycles. The smallest absolute Gasteiger partial charge is 0.145 e. The number of hydrogen-bond donors (Lipinski definition) is 2. The van der Waals surface area contributed by atoms with Gasteiger partial charge in [-0.15, -0.1) is 4.91 Å². The predicted molar refractivity (Wildman–Crippen MR) is 115 cm³/mol. The Morgan fingerprint density at radius 3 is 2.70 bits per heavy atom. The summed E-state index contributed by atoms with van der Waals surface area (Å²) in [5, 5.41) is 15.0. The number of fused-ring (bicyclic) bond motifs is 5. The fourth-order valence-corrected chi connectivity index (χ4v) is 7.66. The van der Waals surface area contributed by atoms with Crippen LogP contribution in [0.25, 0.3) is 0 Å². The van der Waals surface area contributed by atoms with Gasteiger partial charge in [0.05, 0.1) is 5.71 Å². The Labute approximate surface area is 179 Å². The Morgan fingerprint density at radius 2 is 1.93 bits per heavy atom. The Morgan fingerprint density at radius 1 is 1.07 bits per heavy atom. The molecule has 3 aliphatic carbocycles. The number of nitrogens with zero attached hydrogens (tertiary/aromatic N) is 2. The molecular formula is C23H36N4O3. The van der Waals surface area contributed by atoms with E-state index in [2.05, 4.69) is 34.8 Å². The van der Waals surface area contributed by atoms with Gasteiger partial charge in [-0.1, -0.05) is 24.2 Å². The van der Waals surface area contributed by atoms with Gasteiger partial charge in [-0.05, 0) is 68.2 Å². The van der Waals surface area contributed by atoms with Gasteiger partial charge < -0.3 is 10.2 Å². The quantitative estimate of drug-likeness (QED) is 0.544. The number of nitrogens with one attached hydrogen (secondary N) is 2. The van der Waals surface area contributed by atoms with Gasteiger partial charge in [0.15, 0.2) is 0 Å². The van der Waals surface area contributed by atoms with Crippen LogP contribution in [0.3, 0.4) is 0 Å². The summed E-state index contributed by atoms with van der Waals surface area (Å²) in [5.41, 5.74) is 1.06. The van der Waals surface area contributed by atoms with Gasteiger partial charge >= 0.3 is 0 Å². The average molecular weight is 417 g/mol. The summed E-state index contributed by atoms with van der Waals surface area (Å²) in [6.45, 7) is 7.26. The molecule has 0 amide bonds. The highest BCUT2D eigenvalue weighted by molar-refractivity contribution is 5.87. The summed E-state index contributed by atoms with van der Waals surface area (Å²) >= 11 is 0. The minimum absolute atomic E-state index is 0.151. The van der Waals surface area contributed by atoms with Gasteiger partial charge in [-0.2, -0.15) is 0 Å². The lowest BCUT2D eigenvalue weighted by Crippen LogP contribution is -2.52. The van der Waals surface area contributed by atoms with Crippen molar-refractivity contribution >= 4 is 11.5 Å². The number of rotatable bonds is 3. The number of oxime groups is 1. The van der Waals surface area contributed by atoms with E-state index in [0.29, 0.717) is 24.0 Å². The van der Waals surface area contributed by atoms with Crippen molar-refractivity contribution in [2.75, 3.05) is 19.6 Å². The maximum Gasteiger partial charge on any atom is 0.145 e. The Balaban J connectivity index is 1.39. The third kappa shape index (κ3) is 3.15. The first-order valence-corrected chi connectivity index (χ1v) is 12.0. The van der Waals surface area contributed by atoms with Crippen molar-refractivity contribution in [3.8, 4) is 0 Å². The van der Waals surface area contributed by atoms with Crippen molar-refractivity contribution in [3.63, 3.8) is 0 Å². The van der Waals surface area contributed by atoms with Crippen LogP contribution in [0.1, 0.15) is 65.2 Å². The van der Waals surface area contributed by atoms with E-state index in [-0.39, 0.29) is 34.9 Å². The van der Waals surface area contributed by atoms with Crippen LogP contribution >= 0.6 is 0 Å². The molecule has 2 aliphatic heterocycles. The average Bonchev–Trinajstić information content (AvgIpc) is 3.34. The van der Waals surface area contributed by atoms with Crippen LogP contribution in [0.2, 0.25) is 0 Å². The topological polar surface area (TPSA) is 92.2 Å². The minimum atomic E-state index is -0.380. The van der Waals surface area contributed by atoms with Gasteiger partial charge in [-0.25, -0.2) is 0 Å². The van der Waals surface area contributed by atoms with E-state index in [1.165, 1.54) is 0 Å². The van der Waals surface area contributed by atoms with Gasteiger partial charge in [0.25, 0.3) is 0 Å². The first kappa shape index (κ1) is 20.6. The second kappa shape index (κ2) is 7.66. The largest absolute Gasteiger partial charge is 0.391 e. The number of nitroso groups, excluding NO2 is 1. The van der Waals surface area contributed by atoms with Crippen LogP contribution < -0.4 is 10.6 Å². The molecule has 0 spiro atoms. The van der Waals surface area contributed by atoms with E-state index in [9.17, 15) is 9.70 Å². The molecule has 5 aliphatic rings. The van der Waals surface area contributed by atoms with Crippen molar-refractivity contribution in [3.05, 3.63) is 4.91 Å². The highest BCUT2D eigenvalue weighted by Crippen LogP contribution is 2.62. The molecule has 30 heavy (non-hydrogen) atoms. The Hall–Kier alpha value is -1.34. The SMILES string of the molecule is C[C@]12CC/C(=N/O[C@@H]3CCNC3)CC1CNC(N=O)[C@@H]1[C@@H]2CC[C@]2(C)C(=O)CC[C@@H]12. The van der Waals surface area contributed by atoms with Crippen LogP contribution in [0, 0.1) is 39.4 Å². The van der Waals surface area contributed by atoms with E-state index in [4.69, 9.17) is 4.84 Å². The number of ketones is 1. The zero-order valence-corrected chi connectivity index (χ0v) is 18.4. The molecule has 7 heteroatoms. The first-order valence-electron chi connectivity index (χ1n) is 12.0. The summed E-state index contributed by atoms with van der Waals surface area (Å²) in [4.78, 5) is 30.4. The minimum Gasteiger partial charge on any atom is -0.391 e. The molecule has 2 N–H and O–H groups in total. The van der Waals surface area contributed by atoms with Crippen molar-refractivity contribution in [1.29, 1.82) is 0 Å². The van der Waals surface area contributed by atoms with Crippen LogP contribution in [-0.2, 0) is 9.63 Å².